The number of amides is 2. The van der Waals surface area contributed by atoms with Crippen molar-refractivity contribution in [1.82, 2.24) is 0 Å². The zero-order valence-corrected chi connectivity index (χ0v) is 16.2. The second kappa shape index (κ2) is 9.13. The van der Waals surface area contributed by atoms with Crippen LogP contribution in [0.1, 0.15) is 42.2 Å². The van der Waals surface area contributed by atoms with E-state index in [1.165, 1.54) is 18.2 Å². The molecule has 2 amide bonds. The van der Waals surface area contributed by atoms with E-state index in [1.807, 2.05) is 0 Å². The summed E-state index contributed by atoms with van der Waals surface area (Å²) in [5.74, 6) is 2.82. The van der Waals surface area contributed by atoms with Gasteiger partial charge >= 0.3 is 5.97 Å². The molecule has 0 heterocycles. The number of hydrogen-bond acceptors (Lipinski definition) is 3. The maximum Gasteiger partial charge on any atom is 0.335 e. The molecule has 0 saturated carbocycles. The Labute approximate surface area is 178 Å². The molecule has 3 N–H and O–H groups in total. The van der Waals surface area contributed by atoms with Crippen LogP contribution < -0.4 is 10.6 Å². The lowest BCUT2D eigenvalue weighted by atomic mass is 10.1. The molecule has 3 aromatic carbocycles. The van der Waals surface area contributed by atoms with Gasteiger partial charge in [-0.25, -0.2) is 4.79 Å². The SMILES string of the molecule is C#Cc1ccc(C(=O)Nc2cc(NC(=O)c3ccc(C#C)cc3)cc(C(=O)O)c2)cc1. The minimum absolute atomic E-state index is 0.0986. The van der Waals surface area contributed by atoms with E-state index in [1.54, 1.807) is 48.5 Å². The molecule has 0 unspecified atom stereocenters. The van der Waals surface area contributed by atoms with E-state index in [4.69, 9.17) is 12.8 Å². The van der Waals surface area contributed by atoms with Gasteiger partial charge in [-0.3, -0.25) is 9.59 Å². The van der Waals surface area contributed by atoms with Crippen LogP contribution in [0, 0.1) is 24.7 Å². The number of benzene rings is 3. The molecule has 0 aliphatic carbocycles. The third kappa shape index (κ3) is 5.17. The predicted molar refractivity (Wildman–Crippen MR) is 118 cm³/mol. The number of carboxylic acid groups (broad SMARTS) is 1. The molecule has 0 aliphatic heterocycles. The number of terminal acetylenes is 2. The molecule has 0 atom stereocenters. The molecule has 3 rings (SSSR count). The zero-order chi connectivity index (χ0) is 22.4. The summed E-state index contributed by atoms with van der Waals surface area (Å²) in [7, 11) is 0. The first-order chi connectivity index (χ1) is 14.9. The first kappa shape index (κ1) is 20.9. The molecule has 0 fully saturated rings. The second-order valence-electron chi connectivity index (χ2n) is 6.46. The van der Waals surface area contributed by atoms with Crippen molar-refractivity contribution in [3.63, 3.8) is 0 Å². The number of nitrogens with one attached hydrogen (secondary N) is 2. The van der Waals surface area contributed by atoms with Crippen LogP contribution in [0.3, 0.4) is 0 Å². The van der Waals surface area contributed by atoms with Gasteiger partial charge in [-0.1, -0.05) is 11.8 Å². The first-order valence-electron chi connectivity index (χ1n) is 9.04. The monoisotopic (exact) mass is 408 g/mol. The Balaban J connectivity index is 1.83. The van der Waals surface area contributed by atoms with Gasteiger partial charge in [0.2, 0.25) is 0 Å². The van der Waals surface area contributed by atoms with Gasteiger partial charge < -0.3 is 15.7 Å². The van der Waals surface area contributed by atoms with Gasteiger partial charge in [0.25, 0.3) is 11.8 Å². The highest BCUT2D eigenvalue weighted by atomic mass is 16.4. The number of rotatable bonds is 5. The highest BCUT2D eigenvalue weighted by Gasteiger charge is 2.13. The molecule has 0 saturated heterocycles. The smallest absolute Gasteiger partial charge is 0.335 e. The normalized spacial score (nSPS) is 9.74. The number of carbonyl (C=O) groups is 3. The van der Waals surface area contributed by atoms with Crippen molar-refractivity contribution in [2.24, 2.45) is 0 Å². The van der Waals surface area contributed by atoms with Crippen LogP contribution in [0.25, 0.3) is 0 Å². The van der Waals surface area contributed by atoms with Crippen LogP contribution in [0.5, 0.6) is 0 Å². The average molecular weight is 408 g/mol. The Morgan fingerprint density at radius 3 is 1.35 bits per heavy atom. The molecule has 6 nitrogen and oxygen atoms in total. The quantitative estimate of drug-likeness (QED) is 0.559. The number of carbonyl (C=O) groups excluding carboxylic acids is 2. The van der Waals surface area contributed by atoms with Crippen molar-refractivity contribution >= 4 is 29.2 Å². The largest absolute Gasteiger partial charge is 0.478 e. The van der Waals surface area contributed by atoms with Crippen LogP contribution in [-0.2, 0) is 0 Å². The number of carboxylic acids is 1. The Bertz CT molecular complexity index is 1150. The maximum absolute atomic E-state index is 12.5. The third-order valence-corrected chi connectivity index (χ3v) is 4.32. The molecular formula is C25H16N2O4. The molecule has 0 radical (unpaired) electrons. The van der Waals surface area contributed by atoms with Gasteiger partial charge in [0.1, 0.15) is 0 Å². The molecular weight excluding hydrogens is 392 g/mol. The van der Waals surface area contributed by atoms with Crippen LogP contribution in [0.2, 0.25) is 0 Å². The average Bonchev–Trinajstić information content (AvgIpc) is 2.78. The van der Waals surface area contributed by atoms with E-state index in [-0.39, 0.29) is 16.9 Å². The van der Waals surface area contributed by atoms with Crippen molar-refractivity contribution in [3.05, 3.63) is 94.5 Å². The molecule has 0 aromatic heterocycles. The Hall–Kier alpha value is -4.81. The lowest BCUT2D eigenvalue weighted by molar-refractivity contribution is 0.0696. The number of anilines is 2. The van der Waals surface area contributed by atoms with E-state index < -0.39 is 17.8 Å². The van der Waals surface area contributed by atoms with Crippen molar-refractivity contribution in [1.29, 1.82) is 0 Å². The van der Waals surface area contributed by atoms with E-state index in [0.717, 1.165) is 0 Å². The van der Waals surface area contributed by atoms with Gasteiger partial charge in [0.15, 0.2) is 0 Å². The van der Waals surface area contributed by atoms with Crippen LogP contribution in [-0.4, -0.2) is 22.9 Å². The molecule has 6 heteroatoms. The fourth-order valence-electron chi connectivity index (χ4n) is 2.74. The van der Waals surface area contributed by atoms with E-state index in [9.17, 15) is 19.5 Å². The summed E-state index contributed by atoms with van der Waals surface area (Å²) >= 11 is 0. The number of hydrogen-bond donors (Lipinski definition) is 3. The Morgan fingerprint density at radius 2 is 1.03 bits per heavy atom. The van der Waals surface area contributed by atoms with Gasteiger partial charge in [0, 0.05) is 33.6 Å². The topological polar surface area (TPSA) is 95.5 Å². The van der Waals surface area contributed by atoms with Gasteiger partial charge in [-0.15, -0.1) is 12.8 Å². The summed E-state index contributed by atoms with van der Waals surface area (Å²) in [6.45, 7) is 0. The van der Waals surface area contributed by atoms with Crippen LogP contribution in [0.15, 0.2) is 66.7 Å². The van der Waals surface area contributed by atoms with Crippen molar-refractivity contribution in [2.75, 3.05) is 10.6 Å². The molecule has 3 aromatic rings. The van der Waals surface area contributed by atoms with E-state index in [2.05, 4.69) is 22.5 Å². The van der Waals surface area contributed by atoms with Gasteiger partial charge in [0.05, 0.1) is 5.56 Å². The number of aromatic carboxylic acids is 1. The van der Waals surface area contributed by atoms with Gasteiger partial charge in [-0.2, -0.15) is 0 Å². The second-order valence-corrected chi connectivity index (χ2v) is 6.46. The lowest BCUT2D eigenvalue weighted by Crippen LogP contribution is -2.15. The standard InChI is InChI=1S/C25H16N2O4/c1-3-16-5-9-18(10-6-16)23(28)26-21-13-20(25(30)31)14-22(15-21)27-24(29)19-11-7-17(4-2)8-12-19/h1-2,5-15H,(H,26,28)(H,27,29)(H,30,31). The minimum Gasteiger partial charge on any atom is -0.478 e. The highest BCUT2D eigenvalue weighted by molar-refractivity contribution is 6.07. The zero-order valence-electron chi connectivity index (χ0n) is 16.2. The first-order valence-corrected chi connectivity index (χ1v) is 9.04. The predicted octanol–water partition coefficient (Wildman–Crippen LogP) is 3.85. The fourth-order valence-corrected chi connectivity index (χ4v) is 2.74. The molecule has 0 aliphatic rings. The van der Waals surface area contributed by atoms with E-state index in [0.29, 0.717) is 22.3 Å². The van der Waals surface area contributed by atoms with Crippen LogP contribution >= 0.6 is 0 Å². The van der Waals surface area contributed by atoms with Gasteiger partial charge in [-0.05, 0) is 66.7 Å². The lowest BCUT2D eigenvalue weighted by Gasteiger charge is -2.11. The fraction of sp³-hybridized carbons (Fsp3) is 0. The summed E-state index contributed by atoms with van der Waals surface area (Å²) in [6, 6.07) is 16.8. The van der Waals surface area contributed by atoms with E-state index >= 15 is 0 Å². The molecule has 150 valence electrons. The van der Waals surface area contributed by atoms with Crippen LogP contribution in [0.4, 0.5) is 11.4 Å². The van der Waals surface area contributed by atoms with Crippen molar-refractivity contribution < 1.29 is 19.5 Å². The maximum atomic E-state index is 12.5. The Morgan fingerprint density at radius 1 is 0.645 bits per heavy atom. The Kier molecular flexibility index (Phi) is 6.16. The summed E-state index contributed by atoms with van der Waals surface area (Å²) < 4.78 is 0. The summed E-state index contributed by atoms with van der Waals surface area (Å²) in [4.78, 5) is 36.5. The summed E-state index contributed by atoms with van der Waals surface area (Å²) in [6.07, 6.45) is 10.6. The molecule has 0 bridgehead atoms. The summed E-state index contributed by atoms with van der Waals surface area (Å²) in [5.41, 5.74) is 2.28. The highest BCUT2D eigenvalue weighted by Crippen LogP contribution is 2.21. The third-order valence-electron chi connectivity index (χ3n) is 4.32. The van der Waals surface area contributed by atoms with Crippen molar-refractivity contribution in [2.45, 2.75) is 0 Å². The minimum atomic E-state index is -1.21. The molecule has 31 heavy (non-hydrogen) atoms. The molecule has 0 spiro atoms. The summed E-state index contributed by atoms with van der Waals surface area (Å²) in [5, 5.41) is 14.7. The van der Waals surface area contributed by atoms with Crippen molar-refractivity contribution in [3.8, 4) is 24.7 Å².